The van der Waals surface area contributed by atoms with Crippen molar-refractivity contribution in [3.05, 3.63) is 64.7 Å². The number of benzene rings is 2. The zero-order valence-corrected chi connectivity index (χ0v) is 21.5. The lowest BCUT2D eigenvalue weighted by molar-refractivity contribution is -0.118. The van der Waals surface area contributed by atoms with Crippen LogP contribution >= 0.6 is 11.3 Å². The van der Waals surface area contributed by atoms with Crippen LogP contribution in [0.3, 0.4) is 0 Å². The standard InChI is InChI=1S/C26H27N3O5S2/c1-36(31,32)19-7-4-17(5-8-19)23(29-12-2-3-13-29)22-15-27-25(35-22)28-24(30)26(10-11-26)18-6-9-20-21(14-18)34-16-33-20/h4-9,14-15,23H,2-3,10-13,16H2,1H3,(H,27,28,30). The van der Waals surface area contributed by atoms with Gasteiger partial charge >= 0.3 is 0 Å². The van der Waals surface area contributed by atoms with Crippen molar-refractivity contribution in [2.24, 2.45) is 0 Å². The number of hydrogen-bond acceptors (Lipinski definition) is 8. The number of aromatic nitrogens is 1. The molecule has 36 heavy (non-hydrogen) atoms. The number of carbonyl (C=O) groups excluding carboxylic acids is 1. The fourth-order valence-electron chi connectivity index (χ4n) is 5.11. The van der Waals surface area contributed by atoms with Gasteiger partial charge in [-0.1, -0.05) is 29.5 Å². The van der Waals surface area contributed by atoms with Crippen LogP contribution < -0.4 is 14.8 Å². The van der Waals surface area contributed by atoms with Gasteiger partial charge in [-0.05, 0) is 74.2 Å². The molecule has 1 N–H and O–H groups in total. The Morgan fingerprint density at radius 3 is 2.50 bits per heavy atom. The molecule has 0 bridgehead atoms. The molecule has 1 saturated heterocycles. The van der Waals surface area contributed by atoms with Gasteiger partial charge in [0.05, 0.1) is 16.4 Å². The van der Waals surface area contributed by atoms with Crippen molar-refractivity contribution in [3.63, 3.8) is 0 Å². The van der Waals surface area contributed by atoms with Gasteiger partial charge in [0.2, 0.25) is 12.7 Å². The first kappa shape index (κ1) is 23.4. The largest absolute Gasteiger partial charge is 0.454 e. The summed E-state index contributed by atoms with van der Waals surface area (Å²) in [7, 11) is -3.26. The Labute approximate surface area is 214 Å². The number of likely N-dealkylation sites (tertiary alicyclic amines) is 1. The van der Waals surface area contributed by atoms with Crippen LogP contribution in [0.25, 0.3) is 0 Å². The lowest BCUT2D eigenvalue weighted by atomic mass is 9.94. The SMILES string of the molecule is CS(=O)(=O)c1ccc(C(c2cnc(NC(=O)C3(c4ccc5c(c4)OCO5)CC3)s2)N2CCCC2)cc1. The van der Waals surface area contributed by atoms with Crippen molar-refractivity contribution in [1.29, 1.82) is 0 Å². The molecule has 6 rings (SSSR count). The molecule has 188 valence electrons. The molecular formula is C26H27N3O5S2. The Morgan fingerprint density at radius 1 is 1.08 bits per heavy atom. The molecule has 2 aliphatic heterocycles. The van der Waals surface area contributed by atoms with Crippen LogP contribution in [0.1, 0.15) is 47.7 Å². The number of nitrogens with one attached hydrogen (secondary N) is 1. The van der Waals surface area contributed by atoms with E-state index in [4.69, 9.17) is 9.47 Å². The third kappa shape index (κ3) is 4.27. The molecule has 1 unspecified atom stereocenters. The second-order valence-corrected chi connectivity index (χ2v) is 12.7. The normalized spacial score (nSPS) is 19.2. The Morgan fingerprint density at radius 2 is 1.81 bits per heavy atom. The van der Waals surface area contributed by atoms with E-state index < -0.39 is 15.3 Å². The lowest BCUT2D eigenvalue weighted by Gasteiger charge is -2.27. The number of ether oxygens (including phenoxy) is 2. The molecular weight excluding hydrogens is 498 g/mol. The molecule has 1 aromatic heterocycles. The Hall–Kier alpha value is -2.95. The molecule has 1 amide bonds. The van der Waals surface area contributed by atoms with Crippen molar-refractivity contribution in [3.8, 4) is 11.5 Å². The minimum atomic E-state index is -3.26. The van der Waals surface area contributed by atoms with Crippen LogP contribution in [0, 0.1) is 0 Å². The Balaban J connectivity index is 1.24. The van der Waals surface area contributed by atoms with Gasteiger partial charge in [0, 0.05) is 17.3 Å². The minimum Gasteiger partial charge on any atom is -0.454 e. The molecule has 3 aliphatic rings. The van der Waals surface area contributed by atoms with Gasteiger partial charge < -0.3 is 14.8 Å². The molecule has 2 fully saturated rings. The van der Waals surface area contributed by atoms with Gasteiger partial charge in [-0.25, -0.2) is 13.4 Å². The van der Waals surface area contributed by atoms with Crippen LogP contribution in [0.4, 0.5) is 5.13 Å². The van der Waals surface area contributed by atoms with Crippen molar-refractivity contribution in [2.75, 3.05) is 31.5 Å². The molecule has 3 heterocycles. The van der Waals surface area contributed by atoms with E-state index >= 15 is 0 Å². The van der Waals surface area contributed by atoms with E-state index in [1.807, 2.05) is 36.5 Å². The summed E-state index contributed by atoms with van der Waals surface area (Å²) in [6.45, 7) is 2.13. The molecule has 1 atom stereocenters. The minimum absolute atomic E-state index is 0.0343. The van der Waals surface area contributed by atoms with Gasteiger partial charge in [0.25, 0.3) is 0 Å². The Bertz CT molecular complexity index is 1410. The maximum atomic E-state index is 13.4. The average molecular weight is 526 g/mol. The summed E-state index contributed by atoms with van der Waals surface area (Å²) < 4.78 is 34.7. The fourth-order valence-corrected chi connectivity index (χ4v) is 6.71. The molecule has 8 nitrogen and oxygen atoms in total. The van der Waals surface area contributed by atoms with E-state index in [0.29, 0.717) is 21.5 Å². The van der Waals surface area contributed by atoms with E-state index in [-0.39, 0.29) is 18.7 Å². The van der Waals surface area contributed by atoms with Gasteiger partial charge in [-0.2, -0.15) is 0 Å². The molecule has 1 aliphatic carbocycles. The number of amides is 1. The third-order valence-corrected chi connectivity index (χ3v) is 9.35. The van der Waals surface area contributed by atoms with Crippen molar-refractivity contribution in [2.45, 2.75) is 42.0 Å². The number of rotatable bonds is 7. The highest BCUT2D eigenvalue weighted by molar-refractivity contribution is 7.90. The van der Waals surface area contributed by atoms with E-state index in [1.54, 1.807) is 12.1 Å². The number of hydrogen-bond donors (Lipinski definition) is 1. The second-order valence-electron chi connectivity index (χ2n) is 9.66. The average Bonchev–Trinajstić information content (AvgIpc) is 3.22. The van der Waals surface area contributed by atoms with E-state index in [2.05, 4.69) is 15.2 Å². The summed E-state index contributed by atoms with van der Waals surface area (Å²) >= 11 is 1.47. The monoisotopic (exact) mass is 525 g/mol. The molecule has 10 heteroatoms. The maximum Gasteiger partial charge on any atom is 0.236 e. The first-order valence-electron chi connectivity index (χ1n) is 12.0. The quantitative estimate of drug-likeness (QED) is 0.495. The smallest absolute Gasteiger partial charge is 0.236 e. The molecule has 2 aromatic carbocycles. The first-order chi connectivity index (χ1) is 17.3. The third-order valence-electron chi connectivity index (χ3n) is 7.25. The number of anilines is 1. The summed E-state index contributed by atoms with van der Waals surface area (Å²) in [5, 5.41) is 3.62. The van der Waals surface area contributed by atoms with Gasteiger partial charge in [0.15, 0.2) is 26.5 Å². The number of nitrogens with zero attached hydrogens (tertiary/aromatic N) is 2. The second kappa shape index (κ2) is 8.86. The van der Waals surface area contributed by atoms with Gasteiger partial charge in [-0.3, -0.25) is 9.69 Å². The predicted molar refractivity (Wildman–Crippen MR) is 136 cm³/mol. The fraction of sp³-hybridized carbons (Fsp3) is 0.385. The van der Waals surface area contributed by atoms with E-state index in [1.165, 1.54) is 17.6 Å². The molecule has 1 saturated carbocycles. The van der Waals surface area contributed by atoms with Gasteiger partial charge in [0.1, 0.15) is 0 Å². The molecule has 0 radical (unpaired) electrons. The number of thiazole rings is 1. The summed E-state index contributed by atoms with van der Waals surface area (Å²) in [5.74, 6) is 1.33. The zero-order valence-electron chi connectivity index (χ0n) is 19.9. The predicted octanol–water partition coefficient (Wildman–Crippen LogP) is 4.13. The highest BCUT2D eigenvalue weighted by atomic mass is 32.2. The maximum absolute atomic E-state index is 13.4. The summed E-state index contributed by atoms with van der Waals surface area (Å²) in [6.07, 6.45) is 6.85. The van der Waals surface area contributed by atoms with Crippen molar-refractivity contribution < 1.29 is 22.7 Å². The summed E-state index contributed by atoms with van der Waals surface area (Å²) in [4.78, 5) is 21.6. The highest BCUT2D eigenvalue weighted by Crippen LogP contribution is 2.51. The lowest BCUT2D eigenvalue weighted by Crippen LogP contribution is -2.27. The van der Waals surface area contributed by atoms with Crippen LogP contribution in [-0.4, -0.2) is 50.3 Å². The number of fused-ring (bicyclic) bond motifs is 1. The van der Waals surface area contributed by atoms with E-state index in [9.17, 15) is 13.2 Å². The zero-order chi connectivity index (χ0) is 24.9. The van der Waals surface area contributed by atoms with Crippen molar-refractivity contribution in [1.82, 2.24) is 9.88 Å². The molecule has 3 aromatic rings. The summed E-state index contributed by atoms with van der Waals surface area (Å²) in [6, 6.07) is 12.8. The van der Waals surface area contributed by atoms with Crippen molar-refractivity contribution >= 4 is 32.2 Å². The number of sulfone groups is 1. The van der Waals surface area contributed by atoms with Crippen LogP contribution in [0.5, 0.6) is 11.5 Å². The van der Waals surface area contributed by atoms with E-state index in [0.717, 1.165) is 54.8 Å². The number of carbonyl (C=O) groups is 1. The van der Waals surface area contributed by atoms with Crippen LogP contribution in [0.15, 0.2) is 53.6 Å². The summed E-state index contributed by atoms with van der Waals surface area (Å²) in [5.41, 5.74) is 1.38. The first-order valence-corrected chi connectivity index (χ1v) is 14.8. The topological polar surface area (TPSA) is 97.8 Å². The van der Waals surface area contributed by atoms with Crippen LogP contribution in [0.2, 0.25) is 0 Å². The highest BCUT2D eigenvalue weighted by Gasteiger charge is 2.52. The van der Waals surface area contributed by atoms with Crippen LogP contribution in [-0.2, 0) is 20.0 Å². The van der Waals surface area contributed by atoms with Gasteiger partial charge in [-0.15, -0.1) is 0 Å². The Kier molecular flexibility index (Phi) is 5.77. The molecule has 0 spiro atoms.